The Bertz CT molecular complexity index is 902. The molecule has 10 heteroatoms. The molecule has 1 amide bonds. The van der Waals surface area contributed by atoms with Crippen molar-refractivity contribution in [3.8, 4) is 11.5 Å². The first-order valence-electron chi connectivity index (χ1n) is 8.61. The third kappa shape index (κ3) is 5.25. The van der Waals surface area contributed by atoms with Crippen LogP contribution < -0.4 is 14.5 Å². The van der Waals surface area contributed by atoms with E-state index in [4.69, 9.17) is 9.16 Å². The van der Waals surface area contributed by atoms with Crippen LogP contribution in [0.3, 0.4) is 0 Å². The van der Waals surface area contributed by atoms with Crippen LogP contribution in [0.15, 0.2) is 18.2 Å². The van der Waals surface area contributed by atoms with E-state index in [1.165, 1.54) is 7.11 Å². The second-order valence-electron chi connectivity index (χ2n) is 7.15. The van der Waals surface area contributed by atoms with E-state index in [9.17, 15) is 26.7 Å². The summed E-state index contributed by atoms with van der Waals surface area (Å²) in [7, 11) is -0.388. The van der Waals surface area contributed by atoms with Crippen molar-refractivity contribution in [2.24, 2.45) is 0 Å². The maximum atomic E-state index is 13.7. The molecular formula is C19H20F5NO3Si. The first kappa shape index (κ1) is 22.7. The molecule has 0 aliphatic heterocycles. The summed E-state index contributed by atoms with van der Waals surface area (Å²) in [5.41, 5.74) is -0.805. The van der Waals surface area contributed by atoms with Crippen LogP contribution >= 0.6 is 0 Å². The van der Waals surface area contributed by atoms with Crippen molar-refractivity contribution in [2.75, 3.05) is 13.7 Å². The van der Waals surface area contributed by atoms with Gasteiger partial charge in [0, 0.05) is 6.54 Å². The minimum absolute atomic E-state index is 0.101. The lowest BCUT2D eigenvalue weighted by Gasteiger charge is -2.21. The van der Waals surface area contributed by atoms with Crippen LogP contribution in [0.2, 0.25) is 19.6 Å². The molecule has 0 saturated heterocycles. The number of hydrogen-bond donors (Lipinski definition) is 1. The predicted octanol–water partition coefficient (Wildman–Crippen LogP) is 4.58. The van der Waals surface area contributed by atoms with E-state index in [-0.39, 0.29) is 13.0 Å². The van der Waals surface area contributed by atoms with Gasteiger partial charge in [-0.1, -0.05) is 6.07 Å². The summed E-state index contributed by atoms with van der Waals surface area (Å²) in [6.07, 6.45) is 0.227. The Labute approximate surface area is 165 Å². The Hall–Kier alpha value is -2.62. The van der Waals surface area contributed by atoms with Gasteiger partial charge in [0.05, 0.1) is 7.11 Å². The summed E-state index contributed by atoms with van der Waals surface area (Å²) in [5.74, 6) is -11.3. The second kappa shape index (κ2) is 8.81. The Kier molecular flexibility index (Phi) is 6.88. The van der Waals surface area contributed by atoms with Crippen molar-refractivity contribution in [2.45, 2.75) is 26.1 Å². The molecule has 29 heavy (non-hydrogen) atoms. The van der Waals surface area contributed by atoms with Crippen LogP contribution in [0, 0.1) is 29.1 Å². The topological polar surface area (TPSA) is 47.6 Å². The monoisotopic (exact) mass is 433 g/mol. The zero-order valence-electron chi connectivity index (χ0n) is 16.3. The summed E-state index contributed by atoms with van der Waals surface area (Å²) in [4.78, 5) is 11.9. The fourth-order valence-electron chi connectivity index (χ4n) is 2.49. The Balaban J connectivity index is 2.10. The average Bonchev–Trinajstić information content (AvgIpc) is 2.65. The zero-order chi connectivity index (χ0) is 21.9. The quantitative estimate of drug-likeness (QED) is 0.301. The molecule has 0 fully saturated rings. The molecule has 0 spiro atoms. The van der Waals surface area contributed by atoms with Gasteiger partial charge in [0.1, 0.15) is 11.3 Å². The lowest BCUT2D eigenvalue weighted by atomic mass is 10.1. The zero-order valence-corrected chi connectivity index (χ0v) is 17.3. The largest absolute Gasteiger partial charge is 0.542 e. The van der Waals surface area contributed by atoms with E-state index in [2.05, 4.69) is 5.32 Å². The highest BCUT2D eigenvalue weighted by Crippen LogP contribution is 2.30. The minimum atomic E-state index is -2.32. The Morgan fingerprint density at radius 3 is 2.00 bits per heavy atom. The molecule has 0 radical (unpaired) electrons. The van der Waals surface area contributed by atoms with Gasteiger partial charge in [-0.15, -0.1) is 0 Å². The van der Waals surface area contributed by atoms with Crippen molar-refractivity contribution in [3.63, 3.8) is 0 Å². The van der Waals surface area contributed by atoms with Gasteiger partial charge in [0.2, 0.25) is 14.1 Å². The SMILES string of the molecule is COc1cc(CCNC(=O)c2c(F)c(F)c(F)c(F)c2F)ccc1O[Si](C)(C)C. The number of rotatable bonds is 7. The van der Waals surface area contributed by atoms with Crippen LogP contribution in [0.1, 0.15) is 15.9 Å². The maximum Gasteiger partial charge on any atom is 0.257 e. The first-order chi connectivity index (χ1) is 13.5. The predicted molar refractivity (Wildman–Crippen MR) is 99.2 cm³/mol. The molecular weight excluding hydrogens is 413 g/mol. The van der Waals surface area contributed by atoms with Gasteiger partial charge in [-0.05, 0) is 43.8 Å². The fourth-order valence-corrected chi connectivity index (χ4v) is 3.32. The van der Waals surface area contributed by atoms with Crippen molar-refractivity contribution in [3.05, 3.63) is 58.4 Å². The second-order valence-corrected chi connectivity index (χ2v) is 11.6. The summed E-state index contributed by atoms with van der Waals surface area (Å²) in [6, 6.07) is 5.11. The number of hydrogen-bond acceptors (Lipinski definition) is 3. The summed E-state index contributed by atoms with van der Waals surface area (Å²) < 4.78 is 78.0. The van der Waals surface area contributed by atoms with E-state index < -0.39 is 48.9 Å². The van der Waals surface area contributed by atoms with Crippen LogP contribution in [0.4, 0.5) is 22.0 Å². The van der Waals surface area contributed by atoms with Gasteiger partial charge in [0.15, 0.2) is 29.0 Å². The molecule has 0 aromatic heterocycles. The normalized spacial score (nSPS) is 11.3. The molecule has 0 bridgehead atoms. The molecule has 0 unspecified atom stereocenters. The molecule has 2 rings (SSSR count). The van der Waals surface area contributed by atoms with Crippen LogP contribution in [-0.2, 0) is 6.42 Å². The number of methoxy groups -OCH3 is 1. The summed E-state index contributed by atoms with van der Waals surface area (Å²) >= 11 is 0. The van der Waals surface area contributed by atoms with Crippen LogP contribution in [0.25, 0.3) is 0 Å². The number of carbonyl (C=O) groups excluding carboxylic acids is 1. The van der Waals surface area contributed by atoms with Gasteiger partial charge in [0.25, 0.3) is 5.91 Å². The third-order valence-corrected chi connectivity index (χ3v) is 4.61. The molecule has 158 valence electrons. The highest BCUT2D eigenvalue weighted by molar-refractivity contribution is 6.70. The molecule has 1 N–H and O–H groups in total. The molecule has 2 aromatic rings. The van der Waals surface area contributed by atoms with Crippen LogP contribution in [0.5, 0.6) is 11.5 Å². The average molecular weight is 433 g/mol. The molecule has 0 aliphatic carbocycles. The molecule has 2 aromatic carbocycles. The van der Waals surface area contributed by atoms with Crippen molar-refractivity contribution >= 4 is 14.2 Å². The number of halogens is 5. The number of carbonyl (C=O) groups is 1. The maximum absolute atomic E-state index is 13.7. The fraction of sp³-hybridized carbons (Fsp3) is 0.316. The lowest BCUT2D eigenvalue weighted by Crippen LogP contribution is -2.29. The van der Waals surface area contributed by atoms with Gasteiger partial charge in [-0.25, -0.2) is 22.0 Å². The number of nitrogens with one attached hydrogen (secondary N) is 1. The Morgan fingerprint density at radius 1 is 0.931 bits per heavy atom. The molecule has 0 saturated carbocycles. The Morgan fingerprint density at radius 2 is 1.48 bits per heavy atom. The highest BCUT2D eigenvalue weighted by Gasteiger charge is 2.29. The van der Waals surface area contributed by atoms with E-state index in [0.29, 0.717) is 17.1 Å². The summed E-state index contributed by atoms with van der Waals surface area (Å²) in [5, 5.41) is 2.15. The molecule has 0 aliphatic rings. The smallest absolute Gasteiger partial charge is 0.257 e. The van der Waals surface area contributed by atoms with Gasteiger partial charge >= 0.3 is 0 Å². The van der Waals surface area contributed by atoms with E-state index in [1.54, 1.807) is 18.2 Å². The lowest BCUT2D eigenvalue weighted by molar-refractivity contribution is 0.0942. The van der Waals surface area contributed by atoms with Crippen molar-refractivity contribution in [1.82, 2.24) is 5.32 Å². The minimum Gasteiger partial charge on any atom is -0.542 e. The van der Waals surface area contributed by atoms with Crippen molar-refractivity contribution in [1.29, 1.82) is 0 Å². The van der Waals surface area contributed by atoms with Crippen molar-refractivity contribution < 1.29 is 35.9 Å². The number of benzene rings is 2. The van der Waals surface area contributed by atoms with Gasteiger partial charge in [-0.2, -0.15) is 0 Å². The van der Waals surface area contributed by atoms with E-state index in [0.717, 1.165) is 0 Å². The van der Waals surface area contributed by atoms with E-state index in [1.807, 2.05) is 19.6 Å². The standard InChI is InChI=1S/C19H20F5NO3Si/c1-27-12-9-10(5-6-11(12)28-29(2,3)4)7-8-25-19(26)13-14(20)16(22)18(24)17(23)15(13)21/h5-6,9H,7-8H2,1-4H3,(H,25,26). The summed E-state index contributed by atoms with van der Waals surface area (Å²) in [6.45, 7) is 5.93. The molecule has 0 atom stereocenters. The number of amides is 1. The van der Waals surface area contributed by atoms with Gasteiger partial charge in [-0.3, -0.25) is 4.79 Å². The van der Waals surface area contributed by atoms with Crippen LogP contribution in [-0.4, -0.2) is 27.9 Å². The van der Waals surface area contributed by atoms with Gasteiger partial charge < -0.3 is 14.5 Å². The molecule has 4 nitrogen and oxygen atoms in total. The first-order valence-corrected chi connectivity index (χ1v) is 12.0. The molecule has 0 heterocycles. The van der Waals surface area contributed by atoms with E-state index >= 15 is 0 Å². The third-order valence-electron chi connectivity index (χ3n) is 3.78. The number of ether oxygens (including phenoxy) is 1. The highest BCUT2D eigenvalue weighted by atomic mass is 28.4.